The van der Waals surface area contributed by atoms with Crippen molar-refractivity contribution in [3.05, 3.63) is 0 Å². The van der Waals surface area contributed by atoms with E-state index in [0.29, 0.717) is 12.0 Å². The molecule has 0 aromatic carbocycles. The summed E-state index contributed by atoms with van der Waals surface area (Å²) in [4.78, 5) is 11.3. The maximum Gasteiger partial charge on any atom is 0.335 e. The van der Waals surface area contributed by atoms with Gasteiger partial charge < -0.3 is 9.84 Å². The highest BCUT2D eigenvalue weighted by Gasteiger charge is 2.34. The summed E-state index contributed by atoms with van der Waals surface area (Å²) in [5.74, 6) is -0.362. The quantitative estimate of drug-likeness (QED) is 0.732. The first-order valence-corrected chi connectivity index (χ1v) is 5.81. The van der Waals surface area contributed by atoms with Crippen LogP contribution in [0.15, 0.2) is 0 Å². The van der Waals surface area contributed by atoms with Crippen LogP contribution in [-0.2, 0) is 9.53 Å². The topological polar surface area (TPSA) is 46.5 Å². The van der Waals surface area contributed by atoms with Gasteiger partial charge in [0.25, 0.3) is 0 Å². The molecule has 3 nitrogen and oxygen atoms in total. The third-order valence-corrected chi connectivity index (χ3v) is 3.36. The molecule has 88 valence electrons. The van der Waals surface area contributed by atoms with E-state index in [0.717, 1.165) is 25.7 Å². The number of carbonyl (C=O) groups excluding carboxylic acids is 1. The highest BCUT2D eigenvalue weighted by Crippen LogP contribution is 2.39. The van der Waals surface area contributed by atoms with E-state index in [1.165, 1.54) is 0 Å². The zero-order valence-electron chi connectivity index (χ0n) is 9.95. The standard InChI is InChI=1S/C12H22O3/c1-4-15-11(14)10(13)9-5-7-12(2,3)8-6-9/h9-10,13H,4-8H2,1-3H3. The minimum absolute atomic E-state index is 0.0945. The molecule has 1 fully saturated rings. The van der Waals surface area contributed by atoms with Gasteiger partial charge in [-0.25, -0.2) is 4.79 Å². The summed E-state index contributed by atoms with van der Waals surface area (Å²) in [7, 11) is 0. The van der Waals surface area contributed by atoms with Crippen LogP contribution in [0.25, 0.3) is 0 Å². The average Bonchev–Trinajstić information content (AvgIpc) is 2.17. The minimum atomic E-state index is -0.916. The van der Waals surface area contributed by atoms with Gasteiger partial charge >= 0.3 is 5.97 Å². The Labute approximate surface area is 91.8 Å². The van der Waals surface area contributed by atoms with E-state index in [1.807, 2.05) is 0 Å². The Bertz CT molecular complexity index is 213. The summed E-state index contributed by atoms with van der Waals surface area (Å²) in [5.41, 5.74) is 0.366. The second-order valence-electron chi connectivity index (χ2n) is 5.20. The first-order valence-electron chi connectivity index (χ1n) is 5.81. The fraction of sp³-hybridized carbons (Fsp3) is 0.917. The number of esters is 1. The summed E-state index contributed by atoms with van der Waals surface area (Å²) in [5, 5.41) is 9.77. The second-order valence-corrected chi connectivity index (χ2v) is 5.20. The molecule has 1 aliphatic rings. The third-order valence-electron chi connectivity index (χ3n) is 3.36. The number of aliphatic hydroxyl groups is 1. The average molecular weight is 214 g/mol. The maximum absolute atomic E-state index is 11.3. The first kappa shape index (κ1) is 12.5. The fourth-order valence-corrected chi connectivity index (χ4v) is 2.16. The maximum atomic E-state index is 11.3. The molecular formula is C12H22O3. The predicted molar refractivity (Wildman–Crippen MR) is 58.4 cm³/mol. The molecule has 0 saturated heterocycles. The molecule has 1 aliphatic carbocycles. The van der Waals surface area contributed by atoms with Crippen LogP contribution in [0.2, 0.25) is 0 Å². The molecule has 1 rings (SSSR count). The molecule has 1 atom stereocenters. The Balaban J connectivity index is 2.42. The highest BCUT2D eigenvalue weighted by atomic mass is 16.5. The Hall–Kier alpha value is -0.570. The fourth-order valence-electron chi connectivity index (χ4n) is 2.16. The van der Waals surface area contributed by atoms with Gasteiger partial charge in [-0.05, 0) is 43.9 Å². The van der Waals surface area contributed by atoms with Crippen LogP contribution in [0.5, 0.6) is 0 Å². The van der Waals surface area contributed by atoms with Crippen LogP contribution in [0.1, 0.15) is 46.5 Å². The van der Waals surface area contributed by atoms with E-state index in [4.69, 9.17) is 4.74 Å². The Morgan fingerprint density at radius 1 is 1.47 bits per heavy atom. The van der Waals surface area contributed by atoms with Crippen LogP contribution in [-0.4, -0.2) is 23.8 Å². The normalized spacial score (nSPS) is 23.5. The van der Waals surface area contributed by atoms with Crippen molar-refractivity contribution in [2.45, 2.75) is 52.6 Å². The Morgan fingerprint density at radius 2 is 2.00 bits per heavy atom. The number of hydrogen-bond donors (Lipinski definition) is 1. The van der Waals surface area contributed by atoms with Crippen molar-refractivity contribution in [2.75, 3.05) is 6.61 Å². The van der Waals surface area contributed by atoms with Gasteiger partial charge in [0.2, 0.25) is 0 Å². The van der Waals surface area contributed by atoms with E-state index >= 15 is 0 Å². The van der Waals surface area contributed by atoms with Gasteiger partial charge in [0.1, 0.15) is 0 Å². The molecule has 0 amide bonds. The number of aliphatic hydroxyl groups excluding tert-OH is 1. The monoisotopic (exact) mass is 214 g/mol. The Kier molecular flexibility index (Phi) is 4.14. The second kappa shape index (κ2) is 4.97. The summed E-state index contributed by atoms with van der Waals surface area (Å²) < 4.78 is 4.82. The molecule has 0 bridgehead atoms. The van der Waals surface area contributed by atoms with E-state index in [-0.39, 0.29) is 5.92 Å². The smallest absolute Gasteiger partial charge is 0.335 e. The van der Waals surface area contributed by atoms with Crippen LogP contribution < -0.4 is 0 Å². The third kappa shape index (κ3) is 3.49. The van der Waals surface area contributed by atoms with Gasteiger partial charge in [-0.3, -0.25) is 0 Å². The van der Waals surface area contributed by atoms with E-state index in [1.54, 1.807) is 6.92 Å². The van der Waals surface area contributed by atoms with Crippen LogP contribution in [0.3, 0.4) is 0 Å². The van der Waals surface area contributed by atoms with Crippen molar-refractivity contribution in [1.29, 1.82) is 0 Å². The van der Waals surface area contributed by atoms with Gasteiger partial charge in [-0.1, -0.05) is 13.8 Å². The van der Waals surface area contributed by atoms with Crippen molar-refractivity contribution in [2.24, 2.45) is 11.3 Å². The van der Waals surface area contributed by atoms with Gasteiger partial charge in [0.15, 0.2) is 6.10 Å². The molecule has 0 aromatic rings. The first-order chi connectivity index (χ1) is 6.96. The molecule has 3 heteroatoms. The molecule has 1 unspecified atom stereocenters. The van der Waals surface area contributed by atoms with Crippen LogP contribution in [0, 0.1) is 11.3 Å². The molecule has 1 N–H and O–H groups in total. The lowest BCUT2D eigenvalue weighted by Gasteiger charge is -2.35. The van der Waals surface area contributed by atoms with Crippen LogP contribution in [0.4, 0.5) is 0 Å². The van der Waals surface area contributed by atoms with E-state index in [9.17, 15) is 9.90 Å². The SMILES string of the molecule is CCOC(=O)C(O)C1CCC(C)(C)CC1. The molecule has 0 spiro atoms. The number of rotatable bonds is 3. The lowest BCUT2D eigenvalue weighted by Crippen LogP contribution is -2.35. The zero-order chi connectivity index (χ0) is 11.5. The van der Waals surface area contributed by atoms with Gasteiger partial charge in [-0.2, -0.15) is 0 Å². The van der Waals surface area contributed by atoms with Crippen molar-refractivity contribution >= 4 is 5.97 Å². The Morgan fingerprint density at radius 3 is 2.47 bits per heavy atom. The molecular weight excluding hydrogens is 192 g/mol. The van der Waals surface area contributed by atoms with E-state index < -0.39 is 12.1 Å². The summed E-state index contributed by atoms with van der Waals surface area (Å²) in [6.07, 6.45) is 3.09. The van der Waals surface area contributed by atoms with Gasteiger partial charge in [0, 0.05) is 0 Å². The molecule has 0 aliphatic heterocycles. The van der Waals surface area contributed by atoms with Crippen molar-refractivity contribution in [3.8, 4) is 0 Å². The van der Waals surface area contributed by atoms with Crippen molar-refractivity contribution in [3.63, 3.8) is 0 Å². The van der Waals surface area contributed by atoms with Gasteiger partial charge in [0.05, 0.1) is 6.61 Å². The zero-order valence-corrected chi connectivity index (χ0v) is 9.95. The molecule has 0 heterocycles. The van der Waals surface area contributed by atoms with Crippen molar-refractivity contribution in [1.82, 2.24) is 0 Å². The summed E-state index contributed by atoms with van der Waals surface area (Å²) in [6, 6.07) is 0. The number of ether oxygens (including phenoxy) is 1. The summed E-state index contributed by atoms with van der Waals surface area (Å²) in [6.45, 7) is 6.57. The lowest BCUT2D eigenvalue weighted by atomic mass is 9.71. The highest BCUT2D eigenvalue weighted by molar-refractivity contribution is 5.74. The molecule has 15 heavy (non-hydrogen) atoms. The van der Waals surface area contributed by atoms with Crippen molar-refractivity contribution < 1.29 is 14.6 Å². The molecule has 0 radical (unpaired) electrons. The summed E-state index contributed by atoms with van der Waals surface area (Å²) >= 11 is 0. The number of carbonyl (C=O) groups is 1. The molecule has 0 aromatic heterocycles. The molecule has 1 saturated carbocycles. The van der Waals surface area contributed by atoms with Gasteiger partial charge in [-0.15, -0.1) is 0 Å². The van der Waals surface area contributed by atoms with E-state index in [2.05, 4.69) is 13.8 Å². The lowest BCUT2D eigenvalue weighted by molar-refractivity contribution is -0.157. The largest absolute Gasteiger partial charge is 0.464 e. The predicted octanol–water partition coefficient (Wildman–Crippen LogP) is 2.13. The number of hydrogen-bond acceptors (Lipinski definition) is 3. The van der Waals surface area contributed by atoms with Crippen LogP contribution >= 0.6 is 0 Å². The minimum Gasteiger partial charge on any atom is -0.464 e.